The first-order chi connectivity index (χ1) is 10.3. The zero-order chi connectivity index (χ0) is 14.7. The lowest BCUT2D eigenvalue weighted by molar-refractivity contribution is -0.115. The Labute approximate surface area is 122 Å². The van der Waals surface area contributed by atoms with Gasteiger partial charge < -0.3 is 11.1 Å². The monoisotopic (exact) mass is 280 g/mol. The van der Waals surface area contributed by atoms with E-state index in [0.29, 0.717) is 13.0 Å². The predicted octanol–water partition coefficient (Wildman–Crippen LogP) is 2.20. The lowest BCUT2D eigenvalue weighted by Gasteiger charge is -2.09. The molecule has 4 N–H and O–H groups in total. The Morgan fingerprint density at radius 2 is 1.95 bits per heavy atom. The van der Waals surface area contributed by atoms with E-state index in [1.54, 1.807) is 6.20 Å². The molecular formula is C16H16N4O. The number of aromatic amines is 1. The summed E-state index contributed by atoms with van der Waals surface area (Å²) in [6.07, 6.45) is 2.01. The van der Waals surface area contributed by atoms with Crippen molar-refractivity contribution < 1.29 is 4.79 Å². The van der Waals surface area contributed by atoms with Crippen LogP contribution in [0.1, 0.15) is 11.1 Å². The number of nitrogens with one attached hydrogen (secondary N) is 2. The van der Waals surface area contributed by atoms with Gasteiger partial charge in [0.2, 0.25) is 5.91 Å². The minimum atomic E-state index is -0.0652. The molecule has 1 heterocycles. The highest BCUT2D eigenvalue weighted by Gasteiger charge is 2.09. The minimum absolute atomic E-state index is 0.0652. The number of H-pyrrole nitrogens is 1. The van der Waals surface area contributed by atoms with E-state index in [0.717, 1.165) is 27.7 Å². The topological polar surface area (TPSA) is 83.8 Å². The van der Waals surface area contributed by atoms with Crippen LogP contribution in [0.15, 0.2) is 48.7 Å². The van der Waals surface area contributed by atoms with Crippen molar-refractivity contribution in [3.05, 3.63) is 59.8 Å². The van der Waals surface area contributed by atoms with E-state index in [1.165, 1.54) is 0 Å². The van der Waals surface area contributed by atoms with E-state index in [9.17, 15) is 4.79 Å². The van der Waals surface area contributed by atoms with Crippen LogP contribution in [-0.4, -0.2) is 16.1 Å². The summed E-state index contributed by atoms with van der Waals surface area (Å²) in [7, 11) is 0. The Hall–Kier alpha value is -2.66. The molecule has 1 aromatic heterocycles. The smallest absolute Gasteiger partial charge is 0.228 e. The van der Waals surface area contributed by atoms with Gasteiger partial charge in [-0.1, -0.05) is 30.3 Å². The number of hydrogen-bond acceptors (Lipinski definition) is 3. The van der Waals surface area contributed by atoms with Crippen LogP contribution in [-0.2, 0) is 17.8 Å². The molecule has 0 aliphatic carbocycles. The maximum atomic E-state index is 12.2. The molecule has 0 bridgehead atoms. The summed E-state index contributed by atoms with van der Waals surface area (Å²) in [5.74, 6) is -0.0652. The second-order valence-electron chi connectivity index (χ2n) is 4.83. The molecule has 0 aliphatic heterocycles. The van der Waals surface area contributed by atoms with Crippen LogP contribution in [0, 0.1) is 0 Å². The molecule has 3 rings (SSSR count). The highest BCUT2D eigenvalue weighted by atomic mass is 16.1. The average molecular weight is 280 g/mol. The first-order valence-electron chi connectivity index (χ1n) is 6.76. The van der Waals surface area contributed by atoms with E-state index in [4.69, 9.17) is 5.73 Å². The molecular weight excluding hydrogens is 264 g/mol. The van der Waals surface area contributed by atoms with Crippen molar-refractivity contribution in [2.45, 2.75) is 13.0 Å². The SMILES string of the molecule is NCc1ccccc1CC(=O)Nc1cccc2[nH]ncc12. The number of amides is 1. The van der Waals surface area contributed by atoms with Crippen molar-refractivity contribution in [1.82, 2.24) is 10.2 Å². The Morgan fingerprint density at radius 1 is 1.14 bits per heavy atom. The number of rotatable bonds is 4. The molecule has 0 unspecified atom stereocenters. The summed E-state index contributed by atoms with van der Waals surface area (Å²) in [5.41, 5.74) is 9.30. The Balaban J connectivity index is 1.79. The Morgan fingerprint density at radius 3 is 2.76 bits per heavy atom. The molecule has 2 aromatic carbocycles. The predicted molar refractivity (Wildman–Crippen MR) is 82.8 cm³/mol. The van der Waals surface area contributed by atoms with Crippen molar-refractivity contribution in [3.63, 3.8) is 0 Å². The fourth-order valence-corrected chi connectivity index (χ4v) is 2.37. The zero-order valence-corrected chi connectivity index (χ0v) is 11.5. The molecule has 106 valence electrons. The van der Waals surface area contributed by atoms with Crippen molar-refractivity contribution in [2.24, 2.45) is 5.73 Å². The van der Waals surface area contributed by atoms with E-state index >= 15 is 0 Å². The standard InChI is InChI=1S/C16H16N4O/c17-9-12-5-2-1-4-11(12)8-16(21)19-14-6-3-7-15-13(14)10-18-20-15/h1-7,10H,8-9,17H2,(H,18,20)(H,19,21). The van der Waals surface area contributed by atoms with Crippen molar-refractivity contribution in [2.75, 3.05) is 5.32 Å². The third-order valence-corrected chi connectivity index (χ3v) is 3.45. The number of hydrogen-bond donors (Lipinski definition) is 3. The number of nitrogens with zero attached hydrogens (tertiary/aromatic N) is 1. The molecule has 0 radical (unpaired) electrons. The molecule has 5 heteroatoms. The maximum Gasteiger partial charge on any atom is 0.228 e. The highest BCUT2D eigenvalue weighted by Crippen LogP contribution is 2.21. The van der Waals surface area contributed by atoms with Crippen LogP contribution in [0.4, 0.5) is 5.69 Å². The molecule has 0 saturated carbocycles. The van der Waals surface area contributed by atoms with Crippen LogP contribution >= 0.6 is 0 Å². The number of aromatic nitrogens is 2. The van der Waals surface area contributed by atoms with Crippen LogP contribution in [0.2, 0.25) is 0 Å². The summed E-state index contributed by atoms with van der Waals surface area (Å²) < 4.78 is 0. The second-order valence-corrected chi connectivity index (χ2v) is 4.83. The van der Waals surface area contributed by atoms with Gasteiger partial charge in [0.1, 0.15) is 0 Å². The maximum absolute atomic E-state index is 12.2. The third-order valence-electron chi connectivity index (χ3n) is 3.45. The van der Waals surface area contributed by atoms with Crippen LogP contribution in [0.5, 0.6) is 0 Å². The van der Waals surface area contributed by atoms with E-state index in [2.05, 4.69) is 15.5 Å². The molecule has 1 amide bonds. The molecule has 0 saturated heterocycles. The fraction of sp³-hybridized carbons (Fsp3) is 0.125. The van der Waals surface area contributed by atoms with Crippen LogP contribution in [0.25, 0.3) is 10.9 Å². The Kier molecular flexibility index (Phi) is 3.66. The van der Waals surface area contributed by atoms with Gasteiger partial charge in [0.15, 0.2) is 0 Å². The molecule has 5 nitrogen and oxygen atoms in total. The molecule has 0 atom stereocenters. The van der Waals surface area contributed by atoms with Crippen LogP contribution < -0.4 is 11.1 Å². The Bertz CT molecular complexity index is 779. The quantitative estimate of drug-likeness (QED) is 0.685. The highest BCUT2D eigenvalue weighted by molar-refractivity contribution is 6.01. The largest absolute Gasteiger partial charge is 0.326 e. The number of anilines is 1. The van der Waals surface area contributed by atoms with Gasteiger partial charge in [-0.3, -0.25) is 9.89 Å². The molecule has 21 heavy (non-hydrogen) atoms. The number of benzene rings is 2. The number of fused-ring (bicyclic) bond motifs is 1. The minimum Gasteiger partial charge on any atom is -0.326 e. The summed E-state index contributed by atoms with van der Waals surface area (Å²) in [6.45, 7) is 0.431. The first kappa shape index (κ1) is 13.3. The van der Waals surface area contributed by atoms with Gasteiger partial charge in [-0.05, 0) is 23.3 Å². The van der Waals surface area contributed by atoms with Gasteiger partial charge in [-0.2, -0.15) is 5.10 Å². The van der Waals surface area contributed by atoms with Crippen molar-refractivity contribution >= 4 is 22.5 Å². The lowest BCUT2D eigenvalue weighted by atomic mass is 10.0. The number of nitrogens with two attached hydrogens (primary N) is 1. The van der Waals surface area contributed by atoms with Crippen molar-refractivity contribution in [1.29, 1.82) is 0 Å². The van der Waals surface area contributed by atoms with Crippen molar-refractivity contribution in [3.8, 4) is 0 Å². The number of carbonyl (C=O) groups excluding carboxylic acids is 1. The molecule has 0 fully saturated rings. The summed E-state index contributed by atoms with van der Waals surface area (Å²) in [4.78, 5) is 12.2. The van der Waals surface area contributed by atoms with E-state index in [-0.39, 0.29) is 5.91 Å². The number of carbonyl (C=O) groups is 1. The molecule has 0 aliphatic rings. The van der Waals surface area contributed by atoms with Gasteiger partial charge in [0, 0.05) is 11.9 Å². The van der Waals surface area contributed by atoms with Gasteiger partial charge in [0.25, 0.3) is 0 Å². The zero-order valence-electron chi connectivity index (χ0n) is 11.5. The normalized spacial score (nSPS) is 10.7. The summed E-state index contributed by atoms with van der Waals surface area (Å²) in [5, 5.41) is 10.7. The fourth-order valence-electron chi connectivity index (χ4n) is 2.37. The van der Waals surface area contributed by atoms with E-state index < -0.39 is 0 Å². The van der Waals surface area contributed by atoms with Gasteiger partial charge in [0.05, 0.1) is 23.8 Å². The van der Waals surface area contributed by atoms with Gasteiger partial charge in [-0.15, -0.1) is 0 Å². The summed E-state index contributed by atoms with van der Waals surface area (Å²) in [6, 6.07) is 13.4. The van der Waals surface area contributed by atoms with E-state index in [1.807, 2.05) is 42.5 Å². The van der Waals surface area contributed by atoms with Gasteiger partial charge in [-0.25, -0.2) is 0 Å². The average Bonchev–Trinajstić information content (AvgIpc) is 2.97. The first-order valence-corrected chi connectivity index (χ1v) is 6.76. The second kappa shape index (κ2) is 5.76. The van der Waals surface area contributed by atoms with Gasteiger partial charge >= 0.3 is 0 Å². The molecule has 3 aromatic rings. The van der Waals surface area contributed by atoms with Crippen LogP contribution in [0.3, 0.4) is 0 Å². The third kappa shape index (κ3) is 2.78. The molecule has 0 spiro atoms. The summed E-state index contributed by atoms with van der Waals surface area (Å²) >= 11 is 0. The lowest BCUT2D eigenvalue weighted by Crippen LogP contribution is -2.16.